The molecule has 3 aromatic rings. The van der Waals surface area contributed by atoms with Crippen LogP contribution in [0.5, 0.6) is 0 Å². The number of nitrogens with one attached hydrogen (secondary N) is 1. The quantitative estimate of drug-likeness (QED) is 0.545. The van der Waals surface area contributed by atoms with Gasteiger partial charge in [0, 0.05) is 11.8 Å². The molecule has 0 bridgehead atoms. The van der Waals surface area contributed by atoms with Crippen molar-refractivity contribution in [3.8, 4) is 5.82 Å². The van der Waals surface area contributed by atoms with Crippen LogP contribution in [0.1, 0.15) is 23.4 Å². The molecule has 0 aliphatic heterocycles. The van der Waals surface area contributed by atoms with Crippen LogP contribution in [0.3, 0.4) is 0 Å². The van der Waals surface area contributed by atoms with Crippen LogP contribution in [0, 0.1) is 6.92 Å². The van der Waals surface area contributed by atoms with E-state index in [4.69, 9.17) is 11.6 Å². The number of aryl methyl sites for hydroxylation is 1. The van der Waals surface area contributed by atoms with Gasteiger partial charge in [-0.2, -0.15) is 10.2 Å². The molecule has 0 radical (unpaired) electrons. The van der Waals surface area contributed by atoms with E-state index in [2.05, 4.69) is 20.6 Å². The van der Waals surface area contributed by atoms with Crippen molar-refractivity contribution in [2.24, 2.45) is 5.10 Å². The lowest BCUT2D eigenvalue weighted by Gasteiger charge is -2.16. The Balaban J connectivity index is 1.64. The summed E-state index contributed by atoms with van der Waals surface area (Å²) in [5, 5.41) is 9.69. The van der Waals surface area contributed by atoms with E-state index in [9.17, 15) is 0 Å². The Morgan fingerprint density at radius 2 is 1.92 bits per heavy atom. The topological polar surface area (TPSA) is 55.1 Å². The number of hydrogen-bond acceptors (Lipinski definition) is 4. The van der Waals surface area contributed by atoms with Crippen molar-refractivity contribution in [2.45, 2.75) is 19.8 Å². The Labute approximate surface area is 157 Å². The van der Waals surface area contributed by atoms with Crippen LogP contribution in [0.25, 0.3) is 10.9 Å². The monoisotopic (exact) mass is 363 g/mol. The molecule has 1 aliphatic rings. The zero-order valence-electron chi connectivity index (χ0n) is 14.4. The second-order valence-electron chi connectivity index (χ2n) is 6.08. The normalized spacial score (nSPS) is 13.9. The number of anilines is 1. The summed E-state index contributed by atoms with van der Waals surface area (Å²) < 4.78 is 1.89. The number of benzene rings is 1. The van der Waals surface area contributed by atoms with Gasteiger partial charge in [-0.3, -0.25) is 5.43 Å². The van der Waals surface area contributed by atoms with Crippen LogP contribution >= 0.6 is 11.6 Å². The van der Waals surface area contributed by atoms with E-state index >= 15 is 0 Å². The molecule has 0 amide bonds. The Hall–Kier alpha value is -2.92. The highest BCUT2D eigenvalue weighted by Crippen LogP contribution is 2.36. The fourth-order valence-electron chi connectivity index (χ4n) is 3.10. The number of nitrogens with zero attached hydrogens (tertiary/aromatic N) is 4. The Morgan fingerprint density at radius 3 is 2.69 bits per heavy atom. The molecule has 4 rings (SSSR count). The van der Waals surface area contributed by atoms with Crippen molar-refractivity contribution in [3.63, 3.8) is 0 Å². The number of halogens is 1. The number of pyridine rings is 1. The molecule has 26 heavy (non-hydrogen) atoms. The lowest BCUT2D eigenvalue weighted by molar-refractivity contribution is 0.760. The number of hydrazone groups is 1. The first-order valence-electron chi connectivity index (χ1n) is 8.47. The SMILES string of the molecule is Cc1nn(-c2ccccn2)c2c1C(Cl)=C(/C=N/Nc1ccccc1)CC2. The van der Waals surface area contributed by atoms with Gasteiger partial charge in [-0.05, 0) is 49.6 Å². The molecule has 0 saturated carbocycles. The number of fused-ring (bicyclic) bond motifs is 1. The van der Waals surface area contributed by atoms with E-state index in [1.54, 1.807) is 12.4 Å². The highest BCUT2D eigenvalue weighted by Gasteiger charge is 2.25. The fraction of sp³-hybridized carbons (Fsp3) is 0.150. The van der Waals surface area contributed by atoms with Gasteiger partial charge in [-0.1, -0.05) is 35.9 Å². The van der Waals surface area contributed by atoms with Crippen LogP contribution < -0.4 is 5.43 Å². The maximum Gasteiger partial charge on any atom is 0.153 e. The molecule has 0 saturated heterocycles. The summed E-state index contributed by atoms with van der Waals surface area (Å²) in [5.41, 5.74) is 7.96. The minimum atomic E-state index is 0.713. The summed E-state index contributed by atoms with van der Waals surface area (Å²) >= 11 is 6.69. The second-order valence-corrected chi connectivity index (χ2v) is 6.46. The van der Waals surface area contributed by atoms with Crippen LogP contribution in [0.4, 0.5) is 5.69 Å². The third kappa shape index (κ3) is 3.13. The van der Waals surface area contributed by atoms with Crippen LogP contribution in [0.15, 0.2) is 65.4 Å². The largest absolute Gasteiger partial charge is 0.279 e. The van der Waals surface area contributed by atoms with Gasteiger partial charge in [-0.15, -0.1) is 0 Å². The maximum atomic E-state index is 6.69. The van der Waals surface area contributed by atoms with E-state index in [1.807, 2.05) is 60.1 Å². The number of para-hydroxylation sites is 1. The lowest BCUT2D eigenvalue weighted by Crippen LogP contribution is -2.09. The van der Waals surface area contributed by atoms with Gasteiger partial charge in [0.15, 0.2) is 5.82 Å². The van der Waals surface area contributed by atoms with Crippen molar-refractivity contribution in [3.05, 3.63) is 77.3 Å². The number of rotatable bonds is 4. The van der Waals surface area contributed by atoms with Crippen molar-refractivity contribution in [1.29, 1.82) is 0 Å². The van der Waals surface area contributed by atoms with E-state index in [0.717, 1.165) is 46.9 Å². The molecule has 130 valence electrons. The first-order chi connectivity index (χ1) is 12.7. The third-order valence-corrected chi connectivity index (χ3v) is 4.77. The zero-order chi connectivity index (χ0) is 17.9. The van der Waals surface area contributed by atoms with Crippen molar-refractivity contribution >= 4 is 28.5 Å². The first kappa shape index (κ1) is 16.5. The van der Waals surface area contributed by atoms with Gasteiger partial charge < -0.3 is 0 Å². The van der Waals surface area contributed by atoms with Crippen LogP contribution in [-0.2, 0) is 6.42 Å². The highest BCUT2D eigenvalue weighted by atomic mass is 35.5. The van der Waals surface area contributed by atoms with Crippen molar-refractivity contribution in [1.82, 2.24) is 14.8 Å². The minimum Gasteiger partial charge on any atom is -0.279 e. The summed E-state index contributed by atoms with van der Waals surface area (Å²) in [6.07, 6.45) is 5.22. The summed E-state index contributed by atoms with van der Waals surface area (Å²) in [6.45, 7) is 1.98. The van der Waals surface area contributed by atoms with E-state index in [1.165, 1.54) is 0 Å². The smallest absolute Gasteiger partial charge is 0.153 e. The minimum absolute atomic E-state index is 0.713. The van der Waals surface area contributed by atoms with E-state index in [0.29, 0.717) is 5.03 Å². The molecule has 1 aromatic carbocycles. The first-order valence-corrected chi connectivity index (χ1v) is 8.85. The van der Waals surface area contributed by atoms with Gasteiger partial charge in [0.05, 0.1) is 28.3 Å². The van der Waals surface area contributed by atoms with Gasteiger partial charge in [0.25, 0.3) is 0 Å². The fourth-order valence-corrected chi connectivity index (χ4v) is 3.49. The molecule has 1 N–H and O–H groups in total. The van der Waals surface area contributed by atoms with Crippen molar-refractivity contribution < 1.29 is 0 Å². The predicted octanol–water partition coefficient (Wildman–Crippen LogP) is 4.57. The summed E-state index contributed by atoms with van der Waals surface area (Å²) in [7, 11) is 0. The van der Waals surface area contributed by atoms with Gasteiger partial charge in [0.1, 0.15) is 0 Å². The predicted molar refractivity (Wildman–Crippen MR) is 106 cm³/mol. The molecule has 0 atom stereocenters. The summed E-state index contributed by atoms with van der Waals surface area (Å²) in [4.78, 5) is 4.40. The summed E-state index contributed by atoms with van der Waals surface area (Å²) in [5.74, 6) is 0.809. The number of aromatic nitrogens is 3. The second kappa shape index (κ2) is 7.14. The molecular weight excluding hydrogens is 346 g/mol. The van der Waals surface area contributed by atoms with E-state index < -0.39 is 0 Å². The molecular formula is C20H18ClN5. The molecule has 6 heteroatoms. The molecule has 1 aliphatic carbocycles. The Morgan fingerprint density at radius 1 is 1.12 bits per heavy atom. The van der Waals surface area contributed by atoms with Gasteiger partial charge in [-0.25, -0.2) is 9.67 Å². The lowest BCUT2D eigenvalue weighted by atomic mass is 9.96. The van der Waals surface area contributed by atoms with E-state index in [-0.39, 0.29) is 0 Å². The molecule has 2 heterocycles. The van der Waals surface area contributed by atoms with Crippen LogP contribution in [0.2, 0.25) is 0 Å². The molecule has 5 nitrogen and oxygen atoms in total. The molecule has 0 spiro atoms. The van der Waals surface area contributed by atoms with Crippen molar-refractivity contribution in [2.75, 3.05) is 5.43 Å². The Kier molecular flexibility index (Phi) is 4.54. The number of allylic oxidation sites excluding steroid dienone is 1. The molecule has 2 aromatic heterocycles. The summed E-state index contributed by atoms with van der Waals surface area (Å²) in [6, 6.07) is 15.6. The van der Waals surface area contributed by atoms with Crippen LogP contribution in [-0.4, -0.2) is 21.0 Å². The third-order valence-electron chi connectivity index (χ3n) is 4.34. The maximum absolute atomic E-state index is 6.69. The molecule has 0 unspecified atom stereocenters. The Bertz CT molecular complexity index is 974. The number of hydrogen-bond donors (Lipinski definition) is 1. The molecule has 0 fully saturated rings. The standard InChI is InChI=1S/C20H18ClN5/c1-14-19-17(26(25-14)18-9-5-6-12-22-18)11-10-15(20(19)21)13-23-24-16-7-3-2-4-8-16/h2-9,12-13,24H,10-11H2,1H3/b23-13+. The highest BCUT2D eigenvalue weighted by molar-refractivity contribution is 6.51. The van der Waals surface area contributed by atoms with Gasteiger partial charge >= 0.3 is 0 Å². The van der Waals surface area contributed by atoms with Gasteiger partial charge in [0.2, 0.25) is 0 Å². The average molecular weight is 364 g/mol. The average Bonchev–Trinajstić information content (AvgIpc) is 3.02. The zero-order valence-corrected chi connectivity index (χ0v) is 15.1.